The van der Waals surface area contributed by atoms with Crippen LogP contribution in [0.15, 0.2) is 12.2 Å². The van der Waals surface area contributed by atoms with Gasteiger partial charge in [0.2, 0.25) is 0 Å². The van der Waals surface area contributed by atoms with Crippen LogP contribution in [0.25, 0.3) is 0 Å². The minimum absolute atomic E-state index is 0.606. The van der Waals surface area contributed by atoms with Crippen molar-refractivity contribution in [3.63, 3.8) is 0 Å². The molecule has 0 saturated carbocycles. The van der Waals surface area contributed by atoms with Crippen molar-refractivity contribution in [2.24, 2.45) is 5.92 Å². The first-order valence-corrected chi connectivity index (χ1v) is 5.38. The molecule has 0 fully saturated rings. The Morgan fingerprint density at radius 3 is 2.54 bits per heavy atom. The molecule has 0 unspecified atom stereocenters. The van der Waals surface area contributed by atoms with Crippen LogP contribution in [0.3, 0.4) is 0 Å². The van der Waals surface area contributed by atoms with Crippen molar-refractivity contribution in [2.45, 2.75) is 32.7 Å². The van der Waals surface area contributed by atoms with Crippen LogP contribution in [0.1, 0.15) is 26.7 Å². The predicted molar refractivity (Wildman–Crippen MR) is 57.9 cm³/mol. The molecule has 1 aliphatic rings. The topological polar surface area (TPSA) is 24.1 Å². The van der Waals surface area contributed by atoms with Crippen molar-refractivity contribution < 1.29 is 0 Å². The Labute approximate surface area is 81.8 Å². The van der Waals surface area contributed by atoms with Crippen molar-refractivity contribution in [2.75, 3.05) is 19.6 Å². The van der Waals surface area contributed by atoms with E-state index in [1.165, 1.54) is 19.4 Å². The highest BCUT2D eigenvalue weighted by atomic mass is 15.0. The minimum atomic E-state index is 0.606. The summed E-state index contributed by atoms with van der Waals surface area (Å²) >= 11 is 0. The molecule has 2 heteroatoms. The van der Waals surface area contributed by atoms with Gasteiger partial charge in [-0.1, -0.05) is 26.0 Å². The zero-order valence-electron chi connectivity index (χ0n) is 8.84. The fourth-order valence-electron chi connectivity index (χ4n) is 1.60. The van der Waals surface area contributed by atoms with Gasteiger partial charge in [0.05, 0.1) is 0 Å². The monoisotopic (exact) mass is 182 g/mol. The maximum atomic E-state index is 3.48. The summed E-state index contributed by atoms with van der Waals surface area (Å²) in [7, 11) is 0. The third kappa shape index (κ3) is 5.06. The van der Waals surface area contributed by atoms with Crippen LogP contribution in [0, 0.1) is 5.92 Å². The van der Waals surface area contributed by atoms with Gasteiger partial charge in [0.15, 0.2) is 0 Å². The molecule has 13 heavy (non-hydrogen) atoms. The second-order valence-corrected chi connectivity index (χ2v) is 4.12. The highest BCUT2D eigenvalue weighted by Gasteiger charge is 2.08. The average molecular weight is 182 g/mol. The highest BCUT2D eigenvalue weighted by Crippen LogP contribution is 2.15. The summed E-state index contributed by atoms with van der Waals surface area (Å²) in [5, 5.41) is 6.87. The van der Waals surface area contributed by atoms with Gasteiger partial charge in [-0.25, -0.2) is 0 Å². The van der Waals surface area contributed by atoms with E-state index in [1.807, 2.05) is 0 Å². The second-order valence-electron chi connectivity index (χ2n) is 4.12. The van der Waals surface area contributed by atoms with E-state index < -0.39 is 0 Å². The van der Waals surface area contributed by atoms with Crippen molar-refractivity contribution in [1.29, 1.82) is 0 Å². The molecule has 0 aromatic carbocycles. The molecule has 0 aromatic rings. The predicted octanol–water partition coefficient (Wildman–Crippen LogP) is 1.54. The normalized spacial score (nSPS) is 17.5. The van der Waals surface area contributed by atoms with E-state index in [9.17, 15) is 0 Å². The highest BCUT2D eigenvalue weighted by molar-refractivity contribution is 4.94. The van der Waals surface area contributed by atoms with Crippen LogP contribution in [-0.2, 0) is 0 Å². The number of hydrogen-bond acceptors (Lipinski definition) is 2. The summed E-state index contributed by atoms with van der Waals surface area (Å²) in [5.41, 5.74) is 0. The zero-order chi connectivity index (χ0) is 9.52. The fraction of sp³-hybridized carbons (Fsp3) is 0.818. The summed E-state index contributed by atoms with van der Waals surface area (Å²) in [6.07, 6.45) is 7.12. The number of hydrogen-bond donors (Lipinski definition) is 2. The maximum Gasteiger partial charge on any atom is 0.00790 e. The summed E-state index contributed by atoms with van der Waals surface area (Å²) in [6, 6.07) is 0.606. The first kappa shape index (κ1) is 10.7. The van der Waals surface area contributed by atoms with Crippen LogP contribution in [0.2, 0.25) is 0 Å². The van der Waals surface area contributed by atoms with Crippen molar-refractivity contribution in [3.05, 3.63) is 12.2 Å². The standard InChI is InChI=1S/C11H22N2/c1-10(2)13-8-7-12-9-11-5-3-4-6-11/h3-4,10-13H,5-9H2,1-2H3. The lowest BCUT2D eigenvalue weighted by Gasteiger charge is -2.12. The molecule has 0 aliphatic heterocycles. The first-order valence-electron chi connectivity index (χ1n) is 5.38. The van der Waals surface area contributed by atoms with Gasteiger partial charge in [-0.2, -0.15) is 0 Å². The lowest BCUT2D eigenvalue weighted by molar-refractivity contribution is 0.486. The van der Waals surface area contributed by atoms with E-state index in [4.69, 9.17) is 0 Å². The summed E-state index contributed by atoms with van der Waals surface area (Å²) in [5.74, 6) is 0.860. The number of rotatable bonds is 6. The van der Waals surface area contributed by atoms with E-state index in [2.05, 4.69) is 36.6 Å². The third-order valence-electron chi connectivity index (χ3n) is 2.39. The van der Waals surface area contributed by atoms with Crippen molar-refractivity contribution in [1.82, 2.24) is 10.6 Å². The quantitative estimate of drug-likeness (QED) is 0.481. The lowest BCUT2D eigenvalue weighted by Crippen LogP contribution is -2.33. The second kappa shape index (κ2) is 6.17. The molecule has 0 saturated heterocycles. The third-order valence-corrected chi connectivity index (χ3v) is 2.39. The summed E-state index contributed by atoms with van der Waals surface area (Å²) in [4.78, 5) is 0. The molecule has 2 nitrogen and oxygen atoms in total. The van der Waals surface area contributed by atoms with Crippen LogP contribution in [0.4, 0.5) is 0 Å². The molecule has 1 rings (SSSR count). The molecule has 0 spiro atoms. The van der Waals surface area contributed by atoms with Gasteiger partial charge < -0.3 is 10.6 Å². The largest absolute Gasteiger partial charge is 0.315 e. The van der Waals surface area contributed by atoms with E-state index in [-0.39, 0.29) is 0 Å². The molecule has 1 aliphatic carbocycles. The van der Waals surface area contributed by atoms with Gasteiger partial charge in [0, 0.05) is 19.1 Å². The zero-order valence-corrected chi connectivity index (χ0v) is 8.84. The first-order chi connectivity index (χ1) is 6.29. The maximum absolute atomic E-state index is 3.48. The van der Waals surface area contributed by atoms with E-state index in [0.717, 1.165) is 19.0 Å². The molecule has 2 N–H and O–H groups in total. The van der Waals surface area contributed by atoms with Crippen LogP contribution < -0.4 is 10.6 Å². The Hall–Kier alpha value is -0.340. The van der Waals surface area contributed by atoms with Crippen LogP contribution >= 0.6 is 0 Å². The Morgan fingerprint density at radius 2 is 1.92 bits per heavy atom. The van der Waals surface area contributed by atoms with Crippen molar-refractivity contribution in [3.8, 4) is 0 Å². The van der Waals surface area contributed by atoms with Crippen LogP contribution in [0.5, 0.6) is 0 Å². The molecule has 0 radical (unpaired) electrons. The van der Waals surface area contributed by atoms with Gasteiger partial charge in [-0.05, 0) is 25.3 Å². The van der Waals surface area contributed by atoms with Crippen LogP contribution in [-0.4, -0.2) is 25.7 Å². The van der Waals surface area contributed by atoms with E-state index >= 15 is 0 Å². The Morgan fingerprint density at radius 1 is 1.23 bits per heavy atom. The van der Waals surface area contributed by atoms with E-state index in [0.29, 0.717) is 6.04 Å². The van der Waals surface area contributed by atoms with Gasteiger partial charge in [0.1, 0.15) is 0 Å². The van der Waals surface area contributed by atoms with Crippen molar-refractivity contribution >= 4 is 0 Å². The molecule has 0 amide bonds. The van der Waals surface area contributed by atoms with Gasteiger partial charge in [-0.15, -0.1) is 0 Å². The van der Waals surface area contributed by atoms with Gasteiger partial charge in [-0.3, -0.25) is 0 Å². The molecular formula is C11H22N2. The molecule has 0 heterocycles. The summed E-state index contributed by atoms with van der Waals surface area (Å²) < 4.78 is 0. The molecule has 0 bridgehead atoms. The smallest absolute Gasteiger partial charge is 0.00790 e. The fourth-order valence-corrected chi connectivity index (χ4v) is 1.60. The van der Waals surface area contributed by atoms with Gasteiger partial charge >= 0.3 is 0 Å². The molecular weight excluding hydrogens is 160 g/mol. The minimum Gasteiger partial charge on any atom is -0.315 e. The molecule has 0 atom stereocenters. The SMILES string of the molecule is CC(C)NCCNCC1CC=CC1. The van der Waals surface area contributed by atoms with Gasteiger partial charge in [0.25, 0.3) is 0 Å². The Balaban J connectivity index is 1.84. The molecule has 76 valence electrons. The number of nitrogens with one attached hydrogen (secondary N) is 2. The lowest BCUT2D eigenvalue weighted by atomic mass is 10.1. The average Bonchev–Trinajstić information content (AvgIpc) is 2.55. The Bertz CT molecular complexity index is 144. The summed E-state index contributed by atoms with van der Waals surface area (Å²) in [6.45, 7) is 7.71. The Kier molecular flexibility index (Phi) is 5.09. The number of allylic oxidation sites excluding steroid dienone is 2. The van der Waals surface area contributed by atoms with E-state index in [1.54, 1.807) is 0 Å². The molecule has 0 aromatic heterocycles.